The van der Waals surface area contributed by atoms with E-state index in [1.807, 2.05) is 26.0 Å². The number of imide groups is 1. The van der Waals surface area contributed by atoms with Crippen molar-refractivity contribution in [1.29, 1.82) is 0 Å². The van der Waals surface area contributed by atoms with Crippen molar-refractivity contribution in [2.45, 2.75) is 26.7 Å². The van der Waals surface area contributed by atoms with Gasteiger partial charge in [0, 0.05) is 12.1 Å². The Bertz CT molecular complexity index is 1190. The molecule has 10 heteroatoms. The fraction of sp³-hybridized carbons (Fsp3) is 0.280. The minimum Gasteiger partial charge on any atom is -0.493 e. The molecule has 0 bridgehead atoms. The van der Waals surface area contributed by atoms with Gasteiger partial charge in [-0.25, -0.2) is 0 Å². The molecule has 2 aromatic rings. The molecule has 0 atom stereocenters. The van der Waals surface area contributed by atoms with E-state index in [-0.39, 0.29) is 24.5 Å². The third-order valence-electron chi connectivity index (χ3n) is 5.24. The van der Waals surface area contributed by atoms with Crippen LogP contribution in [0.5, 0.6) is 11.5 Å². The lowest BCUT2D eigenvalue weighted by atomic mass is 10.1. The number of carboxylic acid groups (broad SMARTS) is 1. The fourth-order valence-corrected chi connectivity index (χ4v) is 4.09. The van der Waals surface area contributed by atoms with Crippen molar-refractivity contribution < 1.29 is 33.8 Å². The first-order valence-electron chi connectivity index (χ1n) is 10.8. The highest BCUT2D eigenvalue weighted by Gasteiger charge is 2.36. The van der Waals surface area contributed by atoms with Gasteiger partial charge in [0.15, 0.2) is 11.5 Å². The van der Waals surface area contributed by atoms with Crippen LogP contribution in [-0.4, -0.2) is 53.3 Å². The first kappa shape index (κ1) is 25.8. The van der Waals surface area contributed by atoms with Crippen LogP contribution in [-0.2, 0) is 14.4 Å². The first-order chi connectivity index (χ1) is 16.7. The number of nitrogens with zero attached hydrogens (tertiary/aromatic N) is 1. The summed E-state index contributed by atoms with van der Waals surface area (Å²) in [5.74, 6) is -1.08. The lowest BCUT2D eigenvalue weighted by molar-refractivity contribution is -0.137. The van der Waals surface area contributed by atoms with E-state index in [4.69, 9.17) is 14.6 Å². The molecule has 1 aliphatic heterocycles. The minimum absolute atomic E-state index is 0.000949. The third-order valence-corrected chi connectivity index (χ3v) is 6.15. The molecule has 1 aliphatic rings. The minimum atomic E-state index is -0.896. The summed E-state index contributed by atoms with van der Waals surface area (Å²) in [6.45, 7) is 3.72. The molecule has 0 saturated carbocycles. The smallest absolute Gasteiger partial charge is 0.303 e. The maximum absolute atomic E-state index is 12.8. The highest BCUT2D eigenvalue weighted by Crippen LogP contribution is 2.34. The molecule has 1 saturated heterocycles. The molecule has 0 aromatic heterocycles. The summed E-state index contributed by atoms with van der Waals surface area (Å²) in [7, 11) is 1.46. The van der Waals surface area contributed by atoms with Crippen LogP contribution in [0.4, 0.5) is 10.5 Å². The molecule has 0 spiro atoms. The molecule has 0 unspecified atom stereocenters. The molecular formula is C25H26N2O7S. The van der Waals surface area contributed by atoms with Crippen molar-refractivity contribution in [2.75, 3.05) is 25.6 Å². The molecule has 2 N–H and O–H groups in total. The molecule has 9 nitrogen and oxygen atoms in total. The summed E-state index contributed by atoms with van der Waals surface area (Å²) in [6, 6.07) is 10.5. The predicted octanol–water partition coefficient (Wildman–Crippen LogP) is 4.23. The average molecular weight is 499 g/mol. The van der Waals surface area contributed by atoms with Crippen molar-refractivity contribution in [3.05, 3.63) is 58.0 Å². The van der Waals surface area contributed by atoms with E-state index in [0.29, 0.717) is 29.2 Å². The predicted molar refractivity (Wildman–Crippen MR) is 133 cm³/mol. The van der Waals surface area contributed by atoms with Crippen LogP contribution in [0, 0.1) is 13.8 Å². The fourth-order valence-electron chi connectivity index (χ4n) is 3.25. The molecule has 1 fully saturated rings. The number of amides is 3. The second-order valence-corrected chi connectivity index (χ2v) is 8.86. The van der Waals surface area contributed by atoms with Crippen molar-refractivity contribution in [3.8, 4) is 11.5 Å². The van der Waals surface area contributed by atoms with Crippen LogP contribution in [0.25, 0.3) is 6.08 Å². The summed E-state index contributed by atoms with van der Waals surface area (Å²) in [6.07, 6.45) is 1.90. The van der Waals surface area contributed by atoms with E-state index in [1.54, 1.807) is 30.3 Å². The molecule has 3 amide bonds. The van der Waals surface area contributed by atoms with E-state index in [0.717, 1.165) is 27.8 Å². The number of ether oxygens (including phenoxy) is 2. The van der Waals surface area contributed by atoms with Gasteiger partial charge in [0.1, 0.15) is 6.54 Å². The van der Waals surface area contributed by atoms with Gasteiger partial charge in [0.2, 0.25) is 5.91 Å². The van der Waals surface area contributed by atoms with E-state index < -0.39 is 23.0 Å². The largest absolute Gasteiger partial charge is 0.493 e. The number of benzene rings is 2. The highest BCUT2D eigenvalue weighted by atomic mass is 32.2. The number of aliphatic carboxylic acids is 1. The topological polar surface area (TPSA) is 122 Å². The number of carbonyl (C=O) groups excluding carboxylic acids is 3. The standard InChI is InChI=1S/C25H26N2O7S/c1-15-6-8-18(11-16(15)2)26-22(28)14-27-24(31)21(35-25(27)32)13-17-7-9-19(20(12-17)33-3)34-10-4-5-23(29)30/h6-9,11-13H,4-5,10,14H2,1-3H3,(H,26,28)(H,29,30). The lowest BCUT2D eigenvalue weighted by Crippen LogP contribution is -2.36. The molecule has 0 radical (unpaired) electrons. The molecular weight excluding hydrogens is 472 g/mol. The monoisotopic (exact) mass is 498 g/mol. The molecule has 0 aliphatic carbocycles. The summed E-state index contributed by atoms with van der Waals surface area (Å²) < 4.78 is 10.9. The Labute approximate surface area is 207 Å². The van der Waals surface area contributed by atoms with Crippen LogP contribution in [0.1, 0.15) is 29.5 Å². The summed E-state index contributed by atoms with van der Waals surface area (Å²) >= 11 is 0.757. The van der Waals surface area contributed by atoms with Crippen molar-refractivity contribution >= 4 is 46.5 Å². The Morgan fingerprint density at radius 1 is 1.09 bits per heavy atom. The van der Waals surface area contributed by atoms with Crippen molar-refractivity contribution in [2.24, 2.45) is 0 Å². The van der Waals surface area contributed by atoms with Gasteiger partial charge in [0.05, 0.1) is 18.6 Å². The quantitative estimate of drug-likeness (QED) is 0.369. The molecule has 35 heavy (non-hydrogen) atoms. The van der Waals surface area contributed by atoms with Gasteiger partial charge in [-0.1, -0.05) is 12.1 Å². The number of hydrogen-bond acceptors (Lipinski definition) is 7. The van der Waals surface area contributed by atoms with E-state index in [2.05, 4.69) is 5.32 Å². The Morgan fingerprint density at radius 3 is 2.54 bits per heavy atom. The van der Waals surface area contributed by atoms with Crippen LogP contribution in [0.15, 0.2) is 41.3 Å². The Morgan fingerprint density at radius 2 is 1.86 bits per heavy atom. The van der Waals surface area contributed by atoms with Crippen LogP contribution in [0.2, 0.25) is 0 Å². The third kappa shape index (κ3) is 6.86. The molecule has 3 rings (SSSR count). The zero-order valence-electron chi connectivity index (χ0n) is 19.6. The zero-order chi connectivity index (χ0) is 25.5. The SMILES string of the molecule is COc1cc(C=C2SC(=O)N(CC(=O)Nc3ccc(C)c(C)c3)C2=O)ccc1OCCCC(=O)O. The molecule has 184 valence electrons. The second-order valence-electron chi connectivity index (χ2n) is 7.87. The van der Waals surface area contributed by atoms with Gasteiger partial charge in [0.25, 0.3) is 11.1 Å². The zero-order valence-corrected chi connectivity index (χ0v) is 20.4. The number of methoxy groups -OCH3 is 1. The van der Waals surface area contributed by atoms with Gasteiger partial charge in [-0.3, -0.25) is 24.1 Å². The number of thioether (sulfide) groups is 1. The molecule has 1 heterocycles. The van der Waals surface area contributed by atoms with Crippen LogP contribution >= 0.6 is 11.8 Å². The van der Waals surface area contributed by atoms with Gasteiger partial charge < -0.3 is 19.9 Å². The number of rotatable bonds is 10. The highest BCUT2D eigenvalue weighted by molar-refractivity contribution is 8.18. The van der Waals surface area contributed by atoms with Crippen LogP contribution < -0.4 is 14.8 Å². The van der Waals surface area contributed by atoms with Gasteiger partial charge >= 0.3 is 5.97 Å². The first-order valence-corrected chi connectivity index (χ1v) is 11.6. The normalized spacial score (nSPS) is 14.4. The lowest BCUT2D eigenvalue weighted by Gasteiger charge is -2.13. The number of carbonyl (C=O) groups is 4. The maximum Gasteiger partial charge on any atom is 0.303 e. The van der Waals surface area contributed by atoms with E-state index >= 15 is 0 Å². The van der Waals surface area contributed by atoms with E-state index in [9.17, 15) is 19.2 Å². The van der Waals surface area contributed by atoms with E-state index in [1.165, 1.54) is 7.11 Å². The van der Waals surface area contributed by atoms with Crippen molar-refractivity contribution in [3.63, 3.8) is 0 Å². The average Bonchev–Trinajstić information content (AvgIpc) is 3.06. The summed E-state index contributed by atoms with van der Waals surface area (Å²) in [5.41, 5.74) is 3.31. The van der Waals surface area contributed by atoms with Crippen LogP contribution in [0.3, 0.4) is 0 Å². The Balaban J connectivity index is 1.65. The summed E-state index contributed by atoms with van der Waals surface area (Å²) in [4.78, 5) is 49.3. The van der Waals surface area contributed by atoms with Gasteiger partial charge in [-0.2, -0.15) is 0 Å². The Hall–Kier alpha value is -3.79. The van der Waals surface area contributed by atoms with Gasteiger partial charge in [-0.05, 0) is 79.1 Å². The number of nitrogens with one attached hydrogen (secondary N) is 1. The van der Waals surface area contributed by atoms with Gasteiger partial charge in [-0.15, -0.1) is 0 Å². The number of hydrogen-bond donors (Lipinski definition) is 2. The number of carboxylic acids is 1. The number of aryl methyl sites for hydroxylation is 2. The number of anilines is 1. The summed E-state index contributed by atoms with van der Waals surface area (Å²) in [5, 5.41) is 10.9. The maximum atomic E-state index is 12.8. The van der Waals surface area contributed by atoms with Crippen molar-refractivity contribution in [1.82, 2.24) is 4.90 Å². The molecule has 2 aromatic carbocycles. The second kappa shape index (κ2) is 11.6. The Kier molecular flexibility index (Phi) is 8.53.